The maximum Gasteiger partial charge on any atom is 0.267 e. The average molecular weight is 321 g/mol. The Kier molecular flexibility index (Phi) is 4.75. The number of likely N-dealkylation sites (tertiary alicyclic amines) is 1. The van der Waals surface area contributed by atoms with E-state index in [1.807, 2.05) is 17.7 Å². The van der Waals surface area contributed by atoms with Crippen molar-refractivity contribution in [2.75, 3.05) is 40.0 Å². The number of aliphatic hydroxyl groups excluding tert-OH is 1. The van der Waals surface area contributed by atoms with Crippen molar-refractivity contribution in [3.05, 3.63) is 23.5 Å². The fourth-order valence-corrected chi connectivity index (χ4v) is 3.79. The zero-order chi connectivity index (χ0) is 16.4. The first-order chi connectivity index (χ1) is 11.1. The summed E-state index contributed by atoms with van der Waals surface area (Å²) in [6, 6.07) is 4.27. The molecule has 1 aromatic heterocycles. The maximum atomic E-state index is 11.9. The molecule has 1 atom stereocenters. The standard InChI is InChI=1S/C17H27N3O3/c1-18-16(22)15-7-6-13(19(15)2)14-5-3-4-8-20(14)9-17(10-21)11-23-12-17/h6-7,14,21H,3-5,8-12H2,1-2H3,(H,18,22)/t14-/m0/s1. The molecule has 2 N–H and O–H groups in total. The van der Waals surface area contributed by atoms with E-state index in [9.17, 15) is 9.90 Å². The van der Waals surface area contributed by atoms with Crippen molar-refractivity contribution in [2.24, 2.45) is 12.5 Å². The number of carbonyl (C=O) groups is 1. The third-order valence-corrected chi connectivity index (χ3v) is 5.27. The minimum atomic E-state index is -0.107. The molecule has 6 nitrogen and oxygen atoms in total. The molecule has 0 bridgehead atoms. The first kappa shape index (κ1) is 16.5. The van der Waals surface area contributed by atoms with Crippen molar-refractivity contribution < 1.29 is 14.6 Å². The van der Waals surface area contributed by atoms with Crippen LogP contribution in [0.15, 0.2) is 12.1 Å². The number of hydrogen-bond acceptors (Lipinski definition) is 4. The summed E-state index contributed by atoms with van der Waals surface area (Å²) in [6.45, 7) is 3.35. The zero-order valence-corrected chi connectivity index (χ0v) is 14.0. The minimum Gasteiger partial charge on any atom is -0.396 e. The second kappa shape index (κ2) is 6.63. The van der Waals surface area contributed by atoms with Gasteiger partial charge in [0.05, 0.1) is 31.3 Å². The van der Waals surface area contributed by atoms with Crippen molar-refractivity contribution in [3.8, 4) is 0 Å². The van der Waals surface area contributed by atoms with Crippen LogP contribution in [-0.4, -0.2) is 60.4 Å². The van der Waals surface area contributed by atoms with Crippen molar-refractivity contribution in [1.82, 2.24) is 14.8 Å². The number of nitrogens with zero attached hydrogens (tertiary/aromatic N) is 2. The highest BCUT2D eigenvalue weighted by Gasteiger charge is 2.42. The van der Waals surface area contributed by atoms with Crippen LogP contribution in [0.4, 0.5) is 0 Å². The smallest absolute Gasteiger partial charge is 0.267 e. The quantitative estimate of drug-likeness (QED) is 0.846. The van der Waals surface area contributed by atoms with Crippen molar-refractivity contribution in [3.63, 3.8) is 0 Å². The topological polar surface area (TPSA) is 66.7 Å². The van der Waals surface area contributed by atoms with E-state index in [4.69, 9.17) is 4.74 Å². The van der Waals surface area contributed by atoms with Crippen LogP contribution in [0, 0.1) is 5.41 Å². The molecule has 3 rings (SSSR count). The van der Waals surface area contributed by atoms with Crippen LogP contribution in [0.3, 0.4) is 0 Å². The Balaban J connectivity index is 1.81. The lowest BCUT2D eigenvalue weighted by atomic mass is 9.84. The summed E-state index contributed by atoms with van der Waals surface area (Å²) in [4.78, 5) is 14.4. The molecule has 1 aromatic rings. The number of hydrogen-bond donors (Lipinski definition) is 2. The summed E-state index contributed by atoms with van der Waals surface area (Å²) in [5.74, 6) is -0.0552. The van der Waals surface area contributed by atoms with Crippen molar-refractivity contribution in [1.29, 1.82) is 0 Å². The molecule has 1 amide bonds. The number of amides is 1. The van der Waals surface area contributed by atoms with Gasteiger partial charge in [0.25, 0.3) is 5.91 Å². The molecule has 0 radical (unpaired) electrons. The Labute approximate surface area is 137 Å². The van der Waals surface area contributed by atoms with Crippen LogP contribution in [0.25, 0.3) is 0 Å². The van der Waals surface area contributed by atoms with Gasteiger partial charge in [0, 0.05) is 26.3 Å². The number of piperidine rings is 1. The first-order valence-electron chi connectivity index (χ1n) is 8.40. The predicted octanol–water partition coefficient (Wildman–Crippen LogP) is 0.921. The van der Waals surface area contributed by atoms with Crippen LogP contribution >= 0.6 is 0 Å². The molecule has 23 heavy (non-hydrogen) atoms. The summed E-state index contributed by atoms with van der Waals surface area (Å²) in [5.41, 5.74) is 1.76. The molecule has 2 fully saturated rings. The van der Waals surface area contributed by atoms with Crippen LogP contribution in [0.1, 0.15) is 41.5 Å². The molecular weight excluding hydrogens is 294 g/mol. The summed E-state index contributed by atoms with van der Waals surface area (Å²) in [6.07, 6.45) is 3.48. The number of nitrogens with one attached hydrogen (secondary N) is 1. The molecule has 2 saturated heterocycles. The predicted molar refractivity (Wildman–Crippen MR) is 87.3 cm³/mol. The molecule has 0 aromatic carbocycles. The number of rotatable bonds is 5. The normalized spacial score (nSPS) is 24.2. The van der Waals surface area contributed by atoms with E-state index < -0.39 is 0 Å². The second-order valence-electron chi connectivity index (χ2n) is 6.91. The van der Waals surface area contributed by atoms with Gasteiger partial charge in [0.2, 0.25) is 0 Å². The molecule has 6 heteroatoms. The highest BCUT2D eigenvalue weighted by Crippen LogP contribution is 2.36. The molecule has 0 unspecified atom stereocenters. The molecule has 2 aliphatic heterocycles. The Morgan fingerprint density at radius 1 is 1.43 bits per heavy atom. The SMILES string of the molecule is CNC(=O)c1ccc([C@@H]2CCCCN2CC2(CO)COC2)n1C. The molecule has 0 aliphatic carbocycles. The van der Waals surface area contributed by atoms with Gasteiger partial charge in [-0.2, -0.15) is 0 Å². The average Bonchev–Trinajstić information content (AvgIpc) is 2.92. The van der Waals surface area contributed by atoms with E-state index >= 15 is 0 Å². The molecular formula is C17H27N3O3. The van der Waals surface area contributed by atoms with Gasteiger partial charge < -0.3 is 19.7 Å². The van der Waals surface area contributed by atoms with Crippen LogP contribution in [0.2, 0.25) is 0 Å². The number of ether oxygens (including phenoxy) is 1. The van der Waals surface area contributed by atoms with Crippen LogP contribution in [0.5, 0.6) is 0 Å². The number of carbonyl (C=O) groups excluding carboxylic acids is 1. The lowest BCUT2D eigenvalue weighted by molar-refractivity contribution is -0.154. The van der Waals surface area contributed by atoms with E-state index in [0.717, 1.165) is 19.5 Å². The zero-order valence-electron chi connectivity index (χ0n) is 14.0. The van der Waals surface area contributed by atoms with E-state index in [0.29, 0.717) is 24.9 Å². The summed E-state index contributed by atoms with van der Waals surface area (Å²) < 4.78 is 7.35. The van der Waals surface area contributed by atoms with Gasteiger partial charge in [-0.25, -0.2) is 0 Å². The Bertz CT molecular complexity index is 560. The minimum absolute atomic E-state index is 0.0552. The summed E-state index contributed by atoms with van der Waals surface area (Å²) in [5, 5.41) is 12.4. The van der Waals surface area contributed by atoms with Crippen LogP contribution in [-0.2, 0) is 11.8 Å². The fraction of sp³-hybridized carbons (Fsp3) is 0.706. The largest absolute Gasteiger partial charge is 0.396 e. The van der Waals surface area contributed by atoms with Gasteiger partial charge in [-0.05, 0) is 31.5 Å². The lowest BCUT2D eigenvalue weighted by Gasteiger charge is -2.46. The third kappa shape index (κ3) is 3.03. The summed E-state index contributed by atoms with van der Waals surface area (Å²) >= 11 is 0. The Morgan fingerprint density at radius 3 is 2.83 bits per heavy atom. The fourth-order valence-electron chi connectivity index (χ4n) is 3.79. The lowest BCUT2D eigenvalue weighted by Crippen LogP contribution is -2.54. The summed E-state index contributed by atoms with van der Waals surface area (Å²) in [7, 11) is 3.62. The van der Waals surface area contributed by atoms with Crippen molar-refractivity contribution in [2.45, 2.75) is 25.3 Å². The van der Waals surface area contributed by atoms with E-state index in [2.05, 4.69) is 16.3 Å². The van der Waals surface area contributed by atoms with Gasteiger partial charge in [-0.1, -0.05) is 6.42 Å². The van der Waals surface area contributed by atoms with E-state index in [1.54, 1.807) is 7.05 Å². The second-order valence-corrected chi connectivity index (χ2v) is 6.91. The molecule has 0 spiro atoms. The number of aliphatic hydroxyl groups is 1. The van der Waals surface area contributed by atoms with Gasteiger partial charge in [0.1, 0.15) is 5.69 Å². The highest BCUT2D eigenvalue weighted by molar-refractivity contribution is 5.92. The highest BCUT2D eigenvalue weighted by atomic mass is 16.5. The van der Waals surface area contributed by atoms with Gasteiger partial charge in [-0.3, -0.25) is 9.69 Å². The molecule has 3 heterocycles. The molecule has 0 saturated carbocycles. The van der Waals surface area contributed by atoms with E-state index in [-0.39, 0.29) is 17.9 Å². The monoisotopic (exact) mass is 321 g/mol. The number of aromatic nitrogens is 1. The third-order valence-electron chi connectivity index (χ3n) is 5.27. The molecule has 2 aliphatic rings. The van der Waals surface area contributed by atoms with Crippen molar-refractivity contribution >= 4 is 5.91 Å². The van der Waals surface area contributed by atoms with Gasteiger partial charge in [0.15, 0.2) is 0 Å². The van der Waals surface area contributed by atoms with Gasteiger partial charge >= 0.3 is 0 Å². The Morgan fingerprint density at radius 2 is 2.22 bits per heavy atom. The van der Waals surface area contributed by atoms with Crippen LogP contribution < -0.4 is 5.32 Å². The van der Waals surface area contributed by atoms with E-state index in [1.165, 1.54) is 18.5 Å². The molecule has 128 valence electrons. The Hall–Kier alpha value is -1.37. The first-order valence-corrected chi connectivity index (χ1v) is 8.40. The van der Waals surface area contributed by atoms with Gasteiger partial charge in [-0.15, -0.1) is 0 Å². The maximum absolute atomic E-state index is 11.9.